The zero-order valence-electron chi connectivity index (χ0n) is 12.6. The molecule has 0 N–H and O–H groups in total. The molecular weight excluding hydrogens is 313 g/mol. The molecule has 1 aromatic carbocycles. The molecule has 5 nitrogen and oxygen atoms in total. The fourth-order valence-corrected chi connectivity index (χ4v) is 1.89. The van der Waals surface area contributed by atoms with Crippen LogP contribution in [0.5, 0.6) is 5.88 Å². The van der Waals surface area contributed by atoms with Crippen molar-refractivity contribution in [3.05, 3.63) is 41.6 Å². The Hall–Kier alpha value is -2.51. The average Bonchev–Trinajstić information content (AvgIpc) is 2.92. The summed E-state index contributed by atoms with van der Waals surface area (Å²) in [6.07, 6.45) is -4.57. The Balaban J connectivity index is 2.37. The molecule has 0 fully saturated rings. The maximum atomic E-state index is 12.8. The molecule has 124 valence electrons. The van der Waals surface area contributed by atoms with Crippen molar-refractivity contribution in [2.45, 2.75) is 20.0 Å². The number of esters is 1. The van der Waals surface area contributed by atoms with Gasteiger partial charge in [-0.3, -0.25) is 0 Å². The van der Waals surface area contributed by atoms with Crippen LogP contribution < -0.4 is 4.74 Å². The molecule has 8 heteroatoms. The van der Waals surface area contributed by atoms with Crippen LogP contribution in [-0.2, 0) is 10.9 Å². The molecule has 0 aliphatic heterocycles. The lowest BCUT2D eigenvalue weighted by Crippen LogP contribution is -2.08. The fraction of sp³-hybridized carbons (Fsp3) is 0.333. The third-order valence-corrected chi connectivity index (χ3v) is 2.88. The number of halogens is 3. The molecule has 0 amide bonds. The second kappa shape index (κ2) is 6.72. The minimum atomic E-state index is -4.57. The van der Waals surface area contributed by atoms with Crippen LogP contribution in [0.2, 0.25) is 0 Å². The number of aromatic nitrogens is 2. The smallest absolute Gasteiger partial charge is 0.435 e. The second-order valence-electron chi connectivity index (χ2n) is 4.48. The topological polar surface area (TPSA) is 53.4 Å². The van der Waals surface area contributed by atoms with Gasteiger partial charge in [-0.25, -0.2) is 9.48 Å². The summed E-state index contributed by atoms with van der Waals surface area (Å²) in [6.45, 7) is 3.78. The van der Waals surface area contributed by atoms with Crippen LogP contribution in [-0.4, -0.2) is 29.0 Å². The monoisotopic (exact) mass is 328 g/mol. The highest BCUT2D eigenvalue weighted by molar-refractivity contribution is 5.89. The first kappa shape index (κ1) is 16.9. The third-order valence-electron chi connectivity index (χ3n) is 2.88. The van der Waals surface area contributed by atoms with Crippen molar-refractivity contribution in [3.8, 4) is 11.6 Å². The first-order chi connectivity index (χ1) is 10.9. The zero-order chi connectivity index (χ0) is 17.0. The van der Waals surface area contributed by atoms with E-state index in [1.54, 1.807) is 13.8 Å². The van der Waals surface area contributed by atoms with Crippen molar-refractivity contribution in [1.29, 1.82) is 0 Å². The van der Waals surface area contributed by atoms with Crippen LogP contribution in [0.3, 0.4) is 0 Å². The number of alkyl halides is 3. The van der Waals surface area contributed by atoms with Crippen LogP contribution in [0.15, 0.2) is 30.3 Å². The molecule has 0 saturated carbocycles. The van der Waals surface area contributed by atoms with Gasteiger partial charge in [-0.2, -0.15) is 18.3 Å². The van der Waals surface area contributed by atoms with Gasteiger partial charge >= 0.3 is 12.1 Å². The number of carbonyl (C=O) groups is 1. The number of ether oxygens (including phenoxy) is 2. The molecule has 0 spiro atoms. The second-order valence-corrected chi connectivity index (χ2v) is 4.48. The largest absolute Gasteiger partial charge is 0.478 e. The highest BCUT2D eigenvalue weighted by Crippen LogP contribution is 2.32. The van der Waals surface area contributed by atoms with Gasteiger partial charge in [0.2, 0.25) is 5.88 Å². The van der Waals surface area contributed by atoms with Gasteiger partial charge in [0.15, 0.2) is 5.69 Å². The predicted octanol–water partition coefficient (Wildman–Crippen LogP) is 3.47. The molecule has 0 aliphatic rings. The van der Waals surface area contributed by atoms with E-state index >= 15 is 0 Å². The van der Waals surface area contributed by atoms with Crippen LogP contribution in [0.1, 0.15) is 29.9 Å². The average molecular weight is 328 g/mol. The summed E-state index contributed by atoms with van der Waals surface area (Å²) in [5.74, 6) is -0.524. The molecule has 0 unspecified atom stereocenters. The van der Waals surface area contributed by atoms with E-state index in [1.165, 1.54) is 24.3 Å². The molecule has 23 heavy (non-hydrogen) atoms. The van der Waals surface area contributed by atoms with E-state index in [0.717, 1.165) is 10.7 Å². The standard InChI is InChI=1S/C15H15F3N2O3/c1-3-22-13-9-12(15(16,17)18)19-20(13)11-7-5-10(6-8-11)14(21)23-4-2/h5-9H,3-4H2,1-2H3. The van der Waals surface area contributed by atoms with Crippen LogP contribution >= 0.6 is 0 Å². The molecule has 0 aliphatic carbocycles. The Kier molecular flexibility index (Phi) is 4.92. The lowest BCUT2D eigenvalue weighted by molar-refractivity contribution is -0.141. The Morgan fingerprint density at radius 1 is 1.17 bits per heavy atom. The van der Waals surface area contributed by atoms with E-state index in [1.807, 2.05) is 0 Å². The van der Waals surface area contributed by atoms with Gasteiger partial charge in [0.1, 0.15) is 0 Å². The number of nitrogens with zero attached hydrogens (tertiary/aromatic N) is 2. The summed E-state index contributed by atoms with van der Waals surface area (Å²) in [7, 11) is 0. The summed E-state index contributed by atoms with van der Waals surface area (Å²) in [5, 5.41) is 3.53. The first-order valence-corrected chi connectivity index (χ1v) is 6.94. The van der Waals surface area contributed by atoms with Gasteiger partial charge in [-0.15, -0.1) is 0 Å². The molecular formula is C15H15F3N2O3. The van der Waals surface area contributed by atoms with Crippen LogP contribution in [0, 0.1) is 0 Å². The maximum Gasteiger partial charge on any atom is 0.435 e. The van der Waals surface area contributed by atoms with Crippen LogP contribution in [0.4, 0.5) is 13.2 Å². The molecule has 0 atom stereocenters. The quantitative estimate of drug-likeness (QED) is 0.789. The van der Waals surface area contributed by atoms with Crippen LogP contribution in [0.25, 0.3) is 5.69 Å². The van der Waals surface area contributed by atoms with E-state index < -0.39 is 17.8 Å². The van der Waals surface area contributed by atoms with Crippen molar-refractivity contribution < 1.29 is 27.4 Å². The number of hydrogen-bond acceptors (Lipinski definition) is 4. The number of carbonyl (C=O) groups excluding carboxylic acids is 1. The van der Waals surface area contributed by atoms with E-state index in [-0.39, 0.29) is 19.1 Å². The lowest BCUT2D eigenvalue weighted by Gasteiger charge is -2.08. The van der Waals surface area contributed by atoms with Gasteiger partial charge < -0.3 is 9.47 Å². The van der Waals surface area contributed by atoms with E-state index in [9.17, 15) is 18.0 Å². The van der Waals surface area contributed by atoms with Crippen molar-refractivity contribution in [3.63, 3.8) is 0 Å². The summed E-state index contributed by atoms with van der Waals surface area (Å²) >= 11 is 0. The number of rotatable bonds is 5. The van der Waals surface area contributed by atoms with E-state index in [0.29, 0.717) is 11.3 Å². The summed E-state index contributed by atoms with van der Waals surface area (Å²) < 4.78 is 49.5. The Morgan fingerprint density at radius 3 is 2.35 bits per heavy atom. The summed E-state index contributed by atoms with van der Waals surface area (Å²) in [5.41, 5.74) is -0.399. The lowest BCUT2D eigenvalue weighted by atomic mass is 10.2. The van der Waals surface area contributed by atoms with Crippen molar-refractivity contribution in [1.82, 2.24) is 9.78 Å². The highest BCUT2D eigenvalue weighted by Gasteiger charge is 2.35. The molecule has 0 radical (unpaired) electrons. The van der Waals surface area contributed by atoms with Gasteiger partial charge in [0.25, 0.3) is 0 Å². The number of benzene rings is 1. The summed E-state index contributed by atoms with van der Waals surface area (Å²) in [4.78, 5) is 11.6. The predicted molar refractivity (Wildman–Crippen MR) is 75.7 cm³/mol. The van der Waals surface area contributed by atoms with Crippen molar-refractivity contribution in [2.75, 3.05) is 13.2 Å². The number of hydrogen-bond donors (Lipinski definition) is 0. The minimum absolute atomic E-state index is 0.0243. The van der Waals surface area contributed by atoms with E-state index in [4.69, 9.17) is 9.47 Å². The minimum Gasteiger partial charge on any atom is -0.478 e. The third kappa shape index (κ3) is 3.82. The van der Waals surface area contributed by atoms with Gasteiger partial charge in [-0.05, 0) is 38.1 Å². The Labute approximate surface area is 130 Å². The van der Waals surface area contributed by atoms with E-state index in [2.05, 4.69) is 5.10 Å². The summed E-state index contributed by atoms with van der Waals surface area (Å²) in [6, 6.07) is 6.70. The van der Waals surface area contributed by atoms with Gasteiger partial charge in [-0.1, -0.05) is 0 Å². The Morgan fingerprint density at radius 2 is 1.83 bits per heavy atom. The van der Waals surface area contributed by atoms with Crippen molar-refractivity contribution >= 4 is 5.97 Å². The van der Waals surface area contributed by atoms with Gasteiger partial charge in [0.05, 0.1) is 24.5 Å². The van der Waals surface area contributed by atoms with Gasteiger partial charge in [0, 0.05) is 6.07 Å². The molecule has 2 rings (SSSR count). The normalized spacial score (nSPS) is 11.3. The molecule has 1 heterocycles. The Bertz CT molecular complexity index is 678. The SMILES string of the molecule is CCOC(=O)c1ccc(-n2nc(C(F)(F)F)cc2OCC)cc1. The molecule has 2 aromatic rings. The molecule has 0 bridgehead atoms. The highest BCUT2D eigenvalue weighted by atomic mass is 19.4. The zero-order valence-corrected chi connectivity index (χ0v) is 12.6. The molecule has 0 saturated heterocycles. The van der Waals surface area contributed by atoms with Crippen molar-refractivity contribution in [2.24, 2.45) is 0 Å². The molecule has 1 aromatic heterocycles. The fourth-order valence-electron chi connectivity index (χ4n) is 1.89. The maximum absolute atomic E-state index is 12.8. The first-order valence-electron chi connectivity index (χ1n) is 6.94.